The second-order valence-corrected chi connectivity index (χ2v) is 5.02. The van der Waals surface area contributed by atoms with Gasteiger partial charge in [-0.3, -0.25) is 11.3 Å². The summed E-state index contributed by atoms with van der Waals surface area (Å²) in [5.74, 6) is 4.76. The van der Waals surface area contributed by atoms with Crippen LogP contribution in [-0.4, -0.2) is 6.04 Å². The van der Waals surface area contributed by atoms with E-state index in [1.807, 2.05) is 0 Å². The maximum Gasteiger partial charge on any atom is 0.142 e. The van der Waals surface area contributed by atoms with Gasteiger partial charge in [-0.05, 0) is 42.2 Å². The molecule has 106 valence electrons. The van der Waals surface area contributed by atoms with Gasteiger partial charge in [-0.25, -0.2) is 8.78 Å². The number of rotatable bonds is 5. The van der Waals surface area contributed by atoms with E-state index in [9.17, 15) is 8.78 Å². The number of hydrogen-bond donors (Lipinski definition) is 2. The maximum atomic E-state index is 13.6. The van der Waals surface area contributed by atoms with E-state index in [1.165, 1.54) is 18.2 Å². The molecule has 0 heterocycles. The fourth-order valence-electron chi connectivity index (χ4n) is 2.07. The van der Waals surface area contributed by atoms with Gasteiger partial charge in [0, 0.05) is 6.04 Å². The van der Waals surface area contributed by atoms with Crippen LogP contribution in [0, 0.1) is 11.6 Å². The van der Waals surface area contributed by atoms with Gasteiger partial charge in [-0.2, -0.15) is 0 Å². The Morgan fingerprint density at radius 1 is 1.05 bits per heavy atom. The molecule has 5 heteroatoms. The average molecular weight is 297 g/mol. The van der Waals surface area contributed by atoms with E-state index in [4.69, 9.17) is 17.4 Å². The van der Waals surface area contributed by atoms with Crippen LogP contribution in [0.15, 0.2) is 42.5 Å². The van der Waals surface area contributed by atoms with Gasteiger partial charge in [0.25, 0.3) is 0 Å². The molecule has 0 saturated heterocycles. The van der Waals surface area contributed by atoms with Crippen molar-refractivity contribution in [2.24, 2.45) is 5.84 Å². The molecule has 0 amide bonds. The molecule has 2 aromatic rings. The van der Waals surface area contributed by atoms with Crippen molar-refractivity contribution in [1.29, 1.82) is 0 Å². The van der Waals surface area contributed by atoms with Crippen molar-refractivity contribution in [2.75, 3.05) is 0 Å². The largest absolute Gasteiger partial charge is 0.271 e. The van der Waals surface area contributed by atoms with Crippen LogP contribution in [0.1, 0.15) is 11.1 Å². The van der Waals surface area contributed by atoms with Crippen LogP contribution in [0.25, 0.3) is 0 Å². The standard InChI is InChI=1S/C15H15ClF2N2/c16-13-6-5-10(8-15(13)18)7-12(20-19)9-11-3-1-2-4-14(11)17/h1-6,8,12,20H,7,9,19H2. The smallest absolute Gasteiger partial charge is 0.142 e. The van der Waals surface area contributed by atoms with Crippen molar-refractivity contribution in [3.8, 4) is 0 Å². The molecule has 2 nitrogen and oxygen atoms in total. The van der Waals surface area contributed by atoms with Crippen LogP contribution in [-0.2, 0) is 12.8 Å². The Kier molecular flexibility index (Phi) is 5.06. The zero-order valence-electron chi connectivity index (χ0n) is 10.7. The normalized spacial score (nSPS) is 12.4. The molecule has 2 rings (SSSR count). The third-order valence-corrected chi connectivity index (χ3v) is 3.43. The minimum Gasteiger partial charge on any atom is -0.271 e. The van der Waals surface area contributed by atoms with Crippen molar-refractivity contribution in [1.82, 2.24) is 5.43 Å². The number of nitrogens with two attached hydrogens (primary N) is 1. The monoisotopic (exact) mass is 296 g/mol. The fourth-order valence-corrected chi connectivity index (χ4v) is 2.19. The molecule has 0 aliphatic heterocycles. The Balaban J connectivity index is 2.09. The Hall–Kier alpha value is -1.49. The number of nitrogens with one attached hydrogen (secondary N) is 1. The topological polar surface area (TPSA) is 38.0 Å². The molecule has 1 atom stereocenters. The van der Waals surface area contributed by atoms with E-state index < -0.39 is 5.82 Å². The molecule has 0 radical (unpaired) electrons. The summed E-state index contributed by atoms with van der Waals surface area (Å²) < 4.78 is 27.0. The second kappa shape index (κ2) is 6.79. The minimum absolute atomic E-state index is 0.0834. The minimum atomic E-state index is -0.467. The average Bonchev–Trinajstić information content (AvgIpc) is 2.44. The number of hydrogen-bond acceptors (Lipinski definition) is 2. The first-order valence-corrected chi connectivity index (χ1v) is 6.61. The van der Waals surface area contributed by atoms with Crippen molar-refractivity contribution in [3.63, 3.8) is 0 Å². The van der Waals surface area contributed by atoms with Crippen LogP contribution < -0.4 is 11.3 Å². The Labute approximate surface area is 121 Å². The molecule has 0 aliphatic rings. The lowest BCUT2D eigenvalue weighted by Crippen LogP contribution is -2.38. The van der Waals surface area contributed by atoms with Crippen molar-refractivity contribution < 1.29 is 8.78 Å². The van der Waals surface area contributed by atoms with Gasteiger partial charge in [0.2, 0.25) is 0 Å². The molecule has 0 aromatic heterocycles. The molecule has 0 spiro atoms. The third-order valence-electron chi connectivity index (χ3n) is 3.13. The van der Waals surface area contributed by atoms with E-state index in [0.717, 1.165) is 5.56 Å². The lowest BCUT2D eigenvalue weighted by molar-refractivity contribution is 0.505. The molecule has 2 aromatic carbocycles. The van der Waals surface area contributed by atoms with Crippen LogP contribution >= 0.6 is 11.6 Å². The molecule has 0 saturated carbocycles. The van der Waals surface area contributed by atoms with Gasteiger partial charge >= 0.3 is 0 Å². The first kappa shape index (κ1) is 14.9. The van der Waals surface area contributed by atoms with Crippen molar-refractivity contribution in [2.45, 2.75) is 18.9 Å². The highest BCUT2D eigenvalue weighted by atomic mass is 35.5. The maximum absolute atomic E-state index is 13.6. The summed E-state index contributed by atoms with van der Waals surface area (Å²) in [7, 11) is 0. The highest BCUT2D eigenvalue weighted by molar-refractivity contribution is 6.30. The van der Waals surface area contributed by atoms with Gasteiger partial charge in [-0.15, -0.1) is 0 Å². The van der Waals surface area contributed by atoms with Gasteiger partial charge < -0.3 is 0 Å². The van der Waals surface area contributed by atoms with E-state index in [0.29, 0.717) is 18.4 Å². The number of benzene rings is 2. The van der Waals surface area contributed by atoms with Crippen molar-refractivity contribution in [3.05, 3.63) is 70.2 Å². The summed E-state index contributed by atoms with van der Waals surface area (Å²) in [6, 6.07) is 10.9. The highest BCUT2D eigenvalue weighted by Gasteiger charge is 2.12. The van der Waals surface area contributed by atoms with Crippen LogP contribution in [0.2, 0.25) is 5.02 Å². The van der Waals surface area contributed by atoms with Crippen LogP contribution in [0.4, 0.5) is 8.78 Å². The Morgan fingerprint density at radius 3 is 2.45 bits per heavy atom. The first-order valence-electron chi connectivity index (χ1n) is 6.23. The van der Waals surface area contributed by atoms with E-state index in [2.05, 4.69) is 5.43 Å². The molecule has 1 unspecified atom stereocenters. The molecule has 0 bridgehead atoms. The quantitative estimate of drug-likeness (QED) is 0.657. The summed E-state index contributed by atoms with van der Waals surface area (Å²) in [6.45, 7) is 0. The Morgan fingerprint density at radius 2 is 1.80 bits per heavy atom. The summed E-state index contributed by atoms with van der Waals surface area (Å²) in [5, 5.41) is 0.0834. The van der Waals surface area contributed by atoms with Gasteiger partial charge in [0.05, 0.1) is 5.02 Å². The highest BCUT2D eigenvalue weighted by Crippen LogP contribution is 2.18. The predicted molar refractivity (Wildman–Crippen MR) is 76.3 cm³/mol. The van der Waals surface area contributed by atoms with Crippen molar-refractivity contribution >= 4 is 11.6 Å². The summed E-state index contributed by atoms with van der Waals surface area (Å²) in [4.78, 5) is 0. The Bertz CT molecular complexity index is 590. The predicted octanol–water partition coefficient (Wildman–Crippen LogP) is 3.24. The zero-order valence-corrected chi connectivity index (χ0v) is 11.5. The zero-order chi connectivity index (χ0) is 14.5. The summed E-state index contributed by atoms with van der Waals surface area (Å²) >= 11 is 5.64. The lowest BCUT2D eigenvalue weighted by atomic mass is 9.99. The third kappa shape index (κ3) is 3.76. The fraction of sp³-hybridized carbons (Fsp3) is 0.200. The van der Waals surface area contributed by atoms with Gasteiger partial charge in [0.1, 0.15) is 11.6 Å². The molecule has 20 heavy (non-hydrogen) atoms. The lowest BCUT2D eigenvalue weighted by Gasteiger charge is -2.16. The van der Waals surface area contributed by atoms with Gasteiger partial charge in [0.15, 0.2) is 0 Å². The molecular weight excluding hydrogens is 282 g/mol. The number of halogens is 3. The van der Waals surface area contributed by atoms with E-state index in [1.54, 1.807) is 24.3 Å². The SMILES string of the molecule is NNC(Cc1ccc(Cl)c(F)c1)Cc1ccccc1F. The summed E-state index contributed by atoms with van der Waals surface area (Å²) in [5.41, 5.74) is 3.97. The van der Waals surface area contributed by atoms with E-state index >= 15 is 0 Å². The van der Waals surface area contributed by atoms with E-state index in [-0.39, 0.29) is 16.9 Å². The van der Waals surface area contributed by atoms with Gasteiger partial charge in [-0.1, -0.05) is 35.9 Å². The molecule has 0 fully saturated rings. The molecule has 3 N–H and O–H groups in total. The molecular formula is C15H15ClF2N2. The first-order chi connectivity index (χ1) is 9.60. The van der Waals surface area contributed by atoms with Crippen LogP contribution in [0.3, 0.4) is 0 Å². The van der Waals surface area contributed by atoms with Crippen LogP contribution in [0.5, 0.6) is 0 Å². The summed E-state index contributed by atoms with van der Waals surface area (Å²) in [6.07, 6.45) is 0.909. The second-order valence-electron chi connectivity index (χ2n) is 4.61. The molecule has 0 aliphatic carbocycles. The number of hydrazine groups is 1.